The van der Waals surface area contributed by atoms with Gasteiger partial charge in [-0.1, -0.05) is 12.5 Å². The summed E-state index contributed by atoms with van der Waals surface area (Å²) in [6.07, 6.45) is 3.97. The Morgan fingerprint density at radius 2 is 2.36 bits per heavy atom. The van der Waals surface area contributed by atoms with Crippen molar-refractivity contribution in [3.63, 3.8) is 0 Å². The third-order valence-corrected chi connectivity index (χ3v) is 4.10. The van der Waals surface area contributed by atoms with Gasteiger partial charge in [-0.3, -0.25) is 0 Å². The maximum absolute atomic E-state index is 5.79. The van der Waals surface area contributed by atoms with E-state index in [2.05, 4.69) is 22.8 Å². The van der Waals surface area contributed by atoms with Crippen LogP contribution >= 0.6 is 11.3 Å². The highest BCUT2D eigenvalue weighted by Gasteiger charge is 2.34. The van der Waals surface area contributed by atoms with Crippen molar-refractivity contribution in [3.05, 3.63) is 22.4 Å². The van der Waals surface area contributed by atoms with Gasteiger partial charge >= 0.3 is 0 Å². The number of nitrogens with one attached hydrogen (secondary N) is 1. The zero-order valence-electron chi connectivity index (χ0n) is 8.46. The van der Waals surface area contributed by atoms with E-state index in [1.165, 1.54) is 24.1 Å². The summed E-state index contributed by atoms with van der Waals surface area (Å²) in [5.41, 5.74) is 6.22. The first-order chi connectivity index (χ1) is 6.85. The molecule has 1 aromatic rings. The van der Waals surface area contributed by atoms with Gasteiger partial charge in [0.05, 0.1) is 0 Å². The molecule has 14 heavy (non-hydrogen) atoms. The molecule has 1 aromatic heterocycles. The summed E-state index contributed by atoms with van der Waals surface area (Å²) in [7, 11) is 0. The molecule has 0 amide bonds. The van der Waals surface area contributed by atoms with E-state index in [0.29, 0.717) is 5.41 Å². The van der Waals surface area contributed by atoms with E-state index in [0.717, 1.165) is 19.6 Å². The van der Waals surface area contributed by atoms with Crippen LogP contribution in [0.3, 0.4) is 0 Å². The number of hydrogen-bond donors (Lipinski definition) is 2. The van der Waals surface area contributed by atoms with Crippen molar-refractivity contribution in [1.29, 1.82) is 0 Å². The van der Waals surface area contributed by atoms with Gasteiger partial charge in [0, 0.05) is 18.0 Å². The summed E-state index contributed by atoms with van der Waals surface area (Å²) >= 11 is 1.81. The zero-order valence-corrected chi connectivity index (χ0v) is 9.28. The van der Waals surface area contributed by atoms with E-state index in [1.54, 1.807) is 0 Å². The molecule has 0 radical (unpaired) electrons. The second-order valence-corrected chi connectivity index (χ2v) is 5.27. The van der Waals surface area contributed by atoms with Gasteiger partial charge in [-0.25, -0.2) is 0 Å². The van der Waals surface area contributed by atoms with Crippen molar-refractivity contribution in [1.82, 2.24) is 5.32 Å². The molecule has 0 atom stereocenters. The molecule has 1 saturated carbocycles. The minimum atomic E-state index is 0.428. The molecule has 1 heterocycles. The van der Waals surface area contributed by atoms with Gasteiger partial charge in [-0.2, -0.15) is 0 Å². The number of rotatable bonds is 5. The highest BCUT2D eigenvalue weighted by Crippen LogP contribution is 2.39. The number of hydrogen-bond acceptors (Lipinski definition) is 3. The number of thiophene rings is 1. The van der Waals surface area contributed by atoms with Crippen LogP contribution in [0.1, 0.15) is 24.1 Å². The lowest BCUT2D eigenvalue weighted by molar-refractivity contribution is 0.141. The third-order valence-electron chi connectivity index (χ3n) is 3.23. The molecule has 78 valence electrons. The van der Waals surface area contributed by atoms with E-state index >= 15 is 0 Å². The molecule has 3 heteroatoms. The molecule has 1 aliphatic rings. The van der Waals surface area contributed by atoms with Crippen molar-refractivity contribution in [2.24, 2.45) is 11.1 Å². The Labute approximate surface area is 89.5 Å². The molecule has 0 bridgehead atoms. The van der Waals surface area contributed by atoms with Crippen LogP contribution in [0.2, 0.25) is 0 Å². The van der Waals surface area contributed by atoms with Crippen LogP contribution in [0, 0.1) is 5.41 Å². The van der Waals surface area contributed by atoms with Crippen LogP contribution in [0.25, 0.3) is 0 Å². The van der Waals surface area contributed by atoms with Gasteiger partial charge in [0.15, 0.2) is 0 Å². The maximum Gasteiger partial charge on any atom is 0.0299 e. The lowest BCUT2D eigenvalue weighted by Gasteiger charge is -2.41. The SMILES string of the molecule is NCC1(CNCc2cccs2)CCC1. The largest absolute Gasteiger partial charge is 0.330 e. The predicted molar refractivity (Wildman–Crippen MR) is 61.4 cm³/mol. The maximum atomic E-state index is 5.79. The Hall–Kier alpha value is -0.380. The quantitative estimate of drug-likeness (QED) is 0.779. The fourth-order valence-corrected chi connectivity index (χ4v) is 2.67. The summed E-state index contributed by atoms with van der Waals surface area (Å²) in [4.78, 5) is 1.41. The van der Waals surface area contributed by atoms with Crippen LogP contribution in [0.5, 0.6) is 0 Å². The van der Waals surface area contributed by atoms with E-state index in [9.17, 15) is 0 Å². The normalized spacial score (nSPS) is 19.2. The van der Waals surface area contributed by atoms with Crippen LogP contribution in [0.15, 0.2) is 17.5 Å². The molecule has 0 aliphatic heterocycles. The standard InChI is InChI=1S/C11H18N2S/c12-8-11(4-2-5-11)9-13-7-10-3-1-6-14-10/h1,3,6,13H,2,4-5,7-9,12H2. The van der Waals surface area contributed by atoms with Gasteiger partial charge in [0.1, 0.15) is 0 Å². The second-order valence-electron chi connectivity index (χ2n) is 4.24. The van der Waals surface area contributed by atoms with Gasteiger partial charge in [0.25, 0.3) is 0 Å². The Balaban J connectivity index is 1.72. The molecule has 2 rings (SSSR count). The van der Waals surface area contributed by atoms with Crippen LogP contribution in [-0.4, -0.2) is 13.1 Å². The van der Waals surface area contributed by atoms with Gasteiger partial charge in [0.2, 0.25) is 0 Å². The Morgan fingerprint density at radius 3 is 2.86 bits per heavy atom. The van der Waals surface area contributed by atoms with Gasteiger partial charge in [-0.05, 0) is 36.2 Å². The highest BCUT2D eigenvalue weighted by atomic mass is 32.1. The fourth-order valence-electron chi connectivity index (χ4n) is 1.99. The van der Waals surface area contributed by atoms with E-state index < -0.39 is 0 Å². The Kier molecular flexibility index (Phi) is 3.21. The van der Waals surface area contributed by atoms with Crippen LogP contribution < -0.4 is 11.1 Å². The van der Waals surface area contributed by atoms with Crippen molar-refractivity contribution in [3.8, 4) is 0 Å². The minimum absolute atomic E-state index is 0.428. The summed E-state index contributed by atoms with van der Waals surface area (Å²) in [6.45, 7) is 2.92. The average molecular weight is 210 g/mol. The van der Waals surface area contributed by atoms with E-state index in [4.69, 9.17) is 5.73 Å². The first-order valence-electron chi connectivity index (χ1n) is 5.28. The smallest absolute Gasteiger partial charge is 0.0299 e. The molecule has 0 unspecified atom stereocenters. The summed E-state index contributed by atoms with van der Waals surface area (Å²) in [6, 6.07) is 4.28. The Morgan fingerprint density at radius 1 is 1.50 bits per heavy atom. The lowest BCUT2D eigenvalue weighted by Crippen LogP contribution is -2.45. The molecule has 0 spiro atoms. The molecule has 1 fully saturated rings. The van der Waals surface area contributed by atoms with E-state index in [1.807, 2.05) is 11.3 Å². The van der Waals surface area contributed by atoms with E-state index in [-0.39, 0.29) is 0 Å². The zero-order chi connectivity index (χ0) is 9.86. The molecule has 0 saturated heterocycles. The predicted octanol–water partition coefficient (Wildman–Crippen LogP) is 1.97. The van der Waals surface area contributed by atoms with Crippen LogP contribution in [0.4, 0.5) is 0 Å². The molecular formula is C11H18N2S. The van der Waals surface area contributed by atoms with Gasteiger partial charge in [-0.15, -0.1) is 11.3 Å². The lowest BCUT2D eigenvalue weighted by atomic mass is 9.69. The second kappa shape index (κ2) is 4.43. The molecule has 3 N–H and O–H groups in total. The number of nitrogens with two attached hydrogens (primary N) is 1. The highest BCUT2D eigenvalue weighted by molar-refractivity contribution is 7.09. The Bertz CT molecular complexity index is 259. The van der Waals surface area contributed by atoms with Crippen molar-refractivity contribution in [2.75, 3.05) is 13.1 Å². The molecule has 1 aliphatic carbocycles. The van der Waals surface area contributed by atoms with Crippen molar-refractivity contribution >= 4 is 11.3 Å². The van der Waals surface area contributed by atoms with Crippen LogP contribution in [-0.2, 0) is 6.54 Å². The average Bonchev–Trinajstić information content (AvgIpc) is 2.62. The summed E-state index contributed by atoms with van der Waals surface area (Å²) in [5.74, 6) is 0. The minimum Gasteiger partial charge on any atom is -0.330 e. The van der Waals surface area contributed by atoms with Gasteiger partial charge < -0.3 is 11.1 Å². The summed E-state index contributed by atoms with van der Waals surface area (Å²) < 4.78 is 0. The first-order valence-corrected chi connectivity index (χ1v) is 6.16. The van der Waals surface area contributed by atoms with Crippen molar-refractivity contribution in [2.45, 2.75) is 25.8 Å². The summed E-state index contributed by atoms with van der Waals surface area (Å²) in [5, 5.41) is 5.64. The monoisotopic (exact) mass is 210 g/mol. The van der Waals surface area contributed by atoms with Crippen molar-refractivity contribution < 1.29 is 0 Å². The molecule has 2 nitrogen and oxygen atoms in total. The topological polar surface area (TPSA) is 38.0 Å². The first kappa shape index (κ1) is 10.1. The molecular weight excluding hydrogens is 192 g/mol. The fraction of sp³-hybridized carbons (Fsp3) is 0.636. The third kappa shape index (κ3) is 2.16. The molecule has 0 aromatic carbocycles.